The SMILES string of the molecule is N#CC1(CCOc2ccccc2)CCCC1. The van der Waals surface area contributed by atoms with Crippen LogP contribution in [0.1, 0.15) is 32.1 Å². The van der Waals surface area contributed by atoms with Gasteiger partial charge in [0.25, 0.3) is 0 Å². The molecule has 0 heterocycles. The van der Waals surface area contributed by atoms with E-state index in [0.717, 1.165) is 25.0 Å². The highest BCUT2D eigenvalue weighted by molar-refractivity contribution is 5.20. The van der Waals surface area contributed by atoms with E-state index in [1.807, 2.05) is 30.3 Å². The highest BCUT2D eigenvalue weighted by atomic mass is 16.5. The standard InChI is InChI=1S/C14H17NO/c15-12-14(8-4-5-9-14)10-11-16-13-6-2-1-3-7-13/h1-3,6-7H,4-5,8-11H2. The maximum atomic E-state index is 9.21. The van der Waals surface area contributed by atoms with Gasteiger partial charge in [0.15, 0.2) is 0 Å². The van der Waals surface area contributed by atoms with E-state index in [4.69, 9.17) is 4.74 Å². The molecule has 1 fully saturated rings. The molecule has 2 heteroatoms. The van der Waals surface area contributed by atoms with Gasteiger partial charge in [-0.15, -0.1) is 0 Å². The Kier molecular flexibility index (Phi) is 3.46. The fourth-order valence-corrected chi connectivity index (χ4v) is 2.35. The van der Waals surface area contributed by atoms with Crippen molar-refractivity contribution in [2.24, 2.45) is 5.41 Å². The Morgan fingerprint density at radius 2 is 1.88 bits per heavy atom. The molecule has 0 saturated heterocycles. The van der Waals surface area contributed by atoms with Crippen LogP contribution in [0, 0.1) is 16.7 Å². The Hall–Kier alpha value is -1.49. The molecule has 1 saturated carbocycles. The molecular weight excluding hydrogens is 198 g/mol. The Morgan fingerprint density at radius 1 is 1.19 bits per heavy atom. The summed E-state index contributed by atoms with van der Waals surface area (Å²) in [4.78, 5) is 0. The quantitative estimate of drug-likeness (QED) is 0.769. The van der Waals surface area contributed by atoms with E-state index in [2.05, 4.69) is 6.07 Å². The van der Waals surface area contributed by atoms with Crippen molar-refractivity contribution in [3.8, 4) is 11.8 Å². The van der Waals surface area contributed by atoms with Crippen molar-refractivity contribution >= 4 is 0 Å². The minimum Gasteiger partial charge on any atom is -0.494 e. The number of benzene rings is 1. The van der Waals surface area contributed by atoms with Gasteiger partial charge in [0.2, 0.25) is 0 Å². The van der Waals surface area contributed by atoms with Crippen LogP contribution in [-0.4, -0.2) is 6.61 Å². The predicted molar refractivity (Wildman–Crippen MR) is 63.1 cm³/mol. The van der Waals surface area contributed by atoms with Gasteiger partial charge in [0, 0.05) is 6.42 Å². The van der Waals surface area contributed by atoms with Crippen LogP contribution in [0.3, 0.4) is 0 Å². The first kappa shape index (κ1) is 11.0. The Morgan fingerprint density at radius 3 is 2.50 bits per heavy atom. The summed E-state index contributed by atoms with van der Waals surface area (Å²) in [5, 5.41) is 9.21. The topological polar surface area (TPSA) is 33.0 Å². The smallest absolute Gasteiger partial charge is 0.119 e. The summed E-state index contributed by atoms with van der Waals surface area (Å²) in [6.07, 6.45) is 5.33. The molecule has 84 valence electrons. The second kappa shape index (κ2) is 5.03. The third-order valence-corrected chi connectivity index (χ3v) is 3.39. The largest absolute Gasteiger partial charge is 0.494 e. The summed E-state index contributed by atoms with van der Waals surface area (Å²) < 4.78 is 5.64. The normalized spacial score (nSPS) is 17.9. The van der Waals surface area contributed by atoms with Gasteiger partial charge in [-0.25, -0.2) is 0 Å². The molecule has 1 aliphatic rings. The van der Waals surface area contributed by atoms with Crippen molar-refractivity contribution < 1.29 is 4.74 Å². The van der Waals surface area contributed by atoms with Gasteiger partial charge in [-0.2, -0.15) is 5.26 Å². The maximum Gasteiger partial charge on any atom is 0.119 e. The molecule has 0 amide bonds. The van der Waals surface area contributed by atoms with Crippen LogP contribution in [0.4, 0.5) is 0 Å². The lowest BCUT2D eigenvalue weighted by Gasteiger charge is -2.19. The molecule has 0 radical (unpaired) electrons. The molecule has 0 atom stereocenters. The molecule has 0 spiro atoms. The number of nitrogens with zero attached hydrogens (tertiary/aromatic N) is 1. The van der Waals surface area contributed by atoms with Gasteiger partial charge >= 0.3 is 0 Å². The average molecular weight is 215 g/mol. The first-order valence-corrected chi connectivity index (χ1v) is 5.94. The summed E-state index contributed by atoms with van der Waals surface area (Å²) in [5.41, 5.74) is -0.102. The van der Waals surface area contributed by atoms with Crippen LogP contribution in [0.5, 0.6) is 5.75 Å². The van der Waals surface area contributed by atoms with Gasteiger partial charge in [0.05, 0.1) is 18.1 Å². The Bertz CT molecular complexity index is 360. The molecule has 1 aliphatic carbocycles. The number of hydrogen-bond acceptors (Lipinski definition) is 2. The summed E-state index contributed by atoms with van der Waals surface area (Å²) in [5.74, 6) is 0.897. The zero-order valence-corrected chi connectivity index (χ0v) is 9.48. The maximum absolute atomic E-state index is 9.21. The Labute approximate surface area is 96.9 Å². The average Bonchev–Trinajstić information content (AvgIpc) is 2.80. The van der Waals surface area contributed by atoms with Crippen LogP contribution >= 0.6 is 0 Å². The molecular formula is C14H17NO. The molecule has 0 aliphatic heterocycles. The van der Waals surface area contributed by atoms with E-state index in [9.17, 15) is 5.26 Å². The lowest BCUT2D eigenvalue weighted by Crippen LogP contribution is -2.17. The van der Waals surface area contributed by atoms with Gasteiger partial charge in [-0.3, -0.25) is 0 Å². The van der Waals surface area contributed by atoms with Crippen molar-refractivity contribution in [1.82, 2.24) is 0 Å². The summed E-state index contributed by atoms with van der Waals surface area (Å²) in [6.45, 7) is 0.650. The third kappa shape index (κ3) is 2.55. The van der Waals surface area contributed by atoms with E-state index in [-0.39, 0.29) is 5.41 Å². The summed E-state index contributed by atoms with van der Waals surface area (Å²) >= 11 is 0. The van der Waals surface area contributed by atoms with Gasteiger partial charge in [-0.1, -0.05) is 31.0 Å². The second-order valence-corrected chi connectivity index (χ2v) is 4.51. The number of ether oxygens (including phenoxy) is 1. The van der Waals surface area contributed by atoms with Crippen LogP contribution in [0.25, 0.3) is 0 Å². The third-order valence-electron chi connectivity index (χ3n) is 3.39. The zero-order valence-electron chi connectivity index (χ0n) is 9.48. The molecule has 0 bridgehead atoms. The van der Waals surface area contributed by atoms with E-state index >= 15 is 0 Å². The Balaban J connectivity index is 1.82. The van der Waals surface area contributed by atoms with Crippen molar-refractivity contribution in [3.05, 3.63) is 30.3 Å². The van der Waals surface area contributed by atoms with Crippen LogP contribution in [0.2, 0.25) is 0 Å². The number of rotatable bonds is 4. The first-order chi connectivity index (χ1) is 7.85. The molecule has 0 unspecified atom stereocenters. The van der Waals surface area contributed by atoms with Crippen molar-refractivity contribution in [1.29, 1.82) is 5.26 Å². The van der Waals surface area contributed by atoms with E-state index in [1.54, 1.807) is 0 Å². The molecule has 0 aromatic heterocycles. The molecule has 1 aromatic rings. The highest BCUT2D eigenvalue weighted by Gasteiger charge is 2.33. The predicted octanol–water partition coefficient (Wildman–Crippen LogP) is 3.54. The fraction of sp³-hybridized carbons (Fsp3) is 0.500. The molecule has 16 heavy (non-hydrogen) atoms. The summed E-state index contributed by atoms with van der Waals surface area (Å²) in [6, 6.07) is 12.3. The molecule has 0 N–H and O–H groups in total. The van der Waals surface area contributed by atoms with Crippen LogP contribution in [-0.2, 0) is 0 Å². The number of hydrogen-bond donors (Lipinski definition) is 0. The minimum absolute atomic E-state index is 0.102. The highest BCUT2D eigenvalue weighted by Crippen LogP contribution is 2.40. The van der Waals surface area contributed by atoms with Gasteiger partial charge in [-0.05, 0) is 25.0 Å². The lowest BCUT2D eigenvalue weighted by atomic mass is 9.85. The number of para-hydroxylation sites is 1. The van der Waals surface area contributed by atoms with Gasteiger partial charge < -0.3 is 4.74 Å². The zero-order chi connectivity index (χ0) is 11.3. The van der Waals surface area contributed by atoms with Crippen molar-refractivity contribution in [3.63, 3.8) is 0 Å². The van der Waals surface area contributed by atoms with E-state index in [0.29, 0.717) is 6.61 Å². The van der Waals surface area contributed by atoms with Crippen LogP contribution < -0.4 is 4.74 Å². The lowest BCUT2D eigenvalue weighted by molar-refractivity contribution is 0.244. The second-order valence-electron chi connectivity index (χ2n) is 4.51. The molecule has 1 aromatic carbocycles. The van der Waals surface area contributed by atoms with Gasteiger partial charge in [0.1, 0.15) is 5.75 Å². The van der Waals surface area contributed by atoms with E-state index < -0.39 is 0 Å². The number of nitriles is 1. The van der Waals surface area contributed by atoms with E-state index in [1.165, 1.54) is 12.8 Å². The molecule has 2 nitrogen and oxygen atoms in total. The fourth-order valence-electron chi connectivity index (χ4n) is 2.35. The van der Waals surface area contributed by atoms with Crippen molar-refractivity contribution in [2.75, 3.05) is 6.61 Å². The monoisotopic (exact) mass is 215 g/mol. The first-order valence-electron chi connectivity index (χ1n) is 5.94. The summed E-state index contributed by atoms with van der Waals surface area (Å²) in [7, 11) is 0. The van der Waals surface area contributed by atoms with Crippen molar-refractivity contribution in [2.45, 2.75) is 32.1 Å². The van der Waals surface area contributed by atoms with Crippen LogP contribution in [0.15, 0.2) is 30.3 Å². The molecule has 2 rings (SSSR count). The minimum atomic E-state index is -0.102.